The maximum atomic E-state index is 12.1. The van der Waals surface area contributed by atoms with Crippen molar-refractivity contribution in [1.29, 1.82) is 0 Å². The average Bonchev–Trinajstić information content (AvgIpc) is 2.98. The molecule has 1 fully saturated rings. The molecule has 7 nitrogen and oxygen atoms in total. The van der Waals surface area contributed by atoms with Crippen LogP contribution in [0.4, 0.5) is 11.4 Å². The van der Waals surface area contributed by atoms with Crippen molar-refractivity contribution in [2.45, 2.75) is 13.3 Å². The number of amides is 1. The number of anilines is 1. The first-order chi connectivity index (χ1) is 10.1. The molecule has 0 saturated carbocycles. The minimum Gasteiger partial charge on any atom is -0.381 e. The van der Waals surface area contributed by atoms with Crippen molar-refractivity contribution in [3.63, 3.8) is 0 Å². The van der Waals surface area contributed by atoms with Crippen LogP contribution in [-0.2, 0) is 4.74 Å². The summed E-state index contributed by atoms with van der Waals surface area (Å²) in [5.74, 6) is 0.121. The van der Waals surface area contributed by atoms with E-state index in [1.165, 1.54) is 18.2 Å². The lowest BCUT2D eigenvalue weighted by Gasteiger charge is -2.11. The third-order valence-corrected chi connectivity index (χ3v) is 3.40. The normalized spacial score (nSPS) is 17.5. The highest BCUT2D eigenvalue weighted by Gasteiger charge is 2.19. The van der Waals surface area contributed by atoms with Gasteiger partial charge in [-0.15, -0.1) is 0 Å². The molecule has 1 aromatic carbocycles. The zero-order valence-electron chi connectivity index (χ0n) is 11.9. The second-order valence-corrected chi connectivity index (χ2v) is 4.96. The molecular weight excluding hydrogens is 274 g/mol. The fraction of sp³-hybridized carbons (Fsp3) is 0.500. The zero-order valence-corrected chi connectivity index (χ0v) is 11.9. The average molecular weight is 293 g/mol. The van der Waals surface area contributed by atoms with Gasteiger partial charge < -0.3 is 15.4 Å². The monoisotopic (exact) mass is 293 g/mol. The Hall–Kier alpha value is -2.15. The van der Waals surface area contributed by atoms with Gasteiger partial charge in [0.15, 0.2) is 0 Å². The van der Waals surface area contributed by atoms with Crippen LogP contribution < -0.4 is 10.6 Å². The largest absolute Gasteiger partial charge is 0.381 e. The van der Waals surface area contributed by atoms with Crippen LogP contribution >= 0.6 is 0 Å². The number of hydrogen-bond donors (Lipinski definition) is 2. The second-order valence-electron chi connectivity index (χ2n) is 4.96. The molecule has 0 bridgehead atoms. The molecule has 7 heteroatoms. The Balaban J connectivity index is 2.05. The molecule has 1 saturated heterocycles. The van der Waals surface area contributed by atoms with E-state index in [1.807, 2.05) is 6.92 Å². The summed E-state index contributed by atoms with van der Waals surface area (Å²) < 4.78 is 5.25. The molecule has 1 atom stereocenters. The maximum Gasteiger partial charge on any atom is 0.292 e. The van der Waals surface area contributed by atoms with Gasteiger partial charge in [-0.3, -0.25) is 14.9 Å². The van der Waals surface area contributed by atoms with Gasteiger partial charge in [0.05, 0.1) is 11.5 Å². The number of rotatable bonds is 6. The molecule has 1 amide bonds. The van der Waals surface area contributed by atoms with Gasteiger partial charge in [-0.05, 0) is 25.5 Å². The minimum absolute atomic E-state index is 0.0300. The van der Waals surface area contributed by atoms with Gasteiger partial charge in [0.1, 0.15) is 5.69 Å². The van der Waals surface area contributed by atoms with E-state index in [0.29, 0.717) is 36.9 Å². The van der Waals surface area contributed by atoms with Crippen LogP contribution in [0.15, 0.2) is 18.2 Å². The van der Waals surface area contributed by atoms with E-state index < -0.39 is 4.92 Å². The molecule has 1 aliphatic rings. The summed E-state index contributed by atoms with van der Waals surface area (Å²) >= 11 is 0. The fourth-order valence-electron chi connectivity index (χ4n) is 2.25. The fourth-order valence-corrected chi connectivity index (χ4v) is 2.25. The lowest BCUT2D eigenvalue weighted by molar-refractivity contribution is -0.384. The minimum atomic E-state index is -0.463. The van der Waals surface area contributed by atoms with Crippen LogP contribution in [-0.4, -0.2) is 37.1 Å². The molecule has 2 N–H and O–H groups in total. The van der Waals surface area contributed by atoms with Gasteiger partial charge >= 0.3 is 0 Å². The Labute approximate surface area is 122 Å². The van der Waals surface area contributed by atoms with Crippen molar-refractivity contribution < 1.29 is 14.5 Å². The Morgan fingerprint density at radius 2 is 2.33 bits per heavy atom. The molecule has 2 rings (SSSR count). The predicted molar refractivity (Wildman–Crippen MR) is 78.5 cm³/mol. The van der Waals surface area contributed by atoms with E-state index in [-0.39, 0.29) is 11.6 Å². The van der Waals surface area contributed by atoms with Crippen molar-refractivity contribution in [1.82, 2.24) is 5.32 Å². The molecule has 0 radical (unpaired) electrons. The van der Waals surface area contributed by atoms with Crippen LogP contribution in [0.3, 0.4) is 0 Å². The topological polar surface area (TPSA) is 93.5 Å². The number of carbonyl (C=O) groups excluding carboxylic acids is 1. The van der Waals surface area contributed by atoms with Crippen LogP contribution in [0.2, 0.25) is 0 Å². The first-order valence-corrected chi connectivity index (χ1v) is 7.00. The van der Waals surface area contributed by atoms with Crippen LogP contribution in [0, 0.1) is 16.0 Å². The van der Waals surface area contributed by atoms with Gasteiger partial charge in [-0.1, -0.05) is 0 Å². The summed E-state index contributed by atoms with van der Waals surface area (Å²) in [6, 6.07) is 4.34. The highest BCUT2D eigenvalue weighted by atomic mass is 16.6. The Morgan fingerprint density at radius 1 is 1.52 bits per heavy atom. The smallest absolute Gasteiger partial charge is 0.292 e. The Morgan fingerprint density at radius 3 is 2.95 bits per heavy atom. The van der Waals surface area contributed by atoms with Crippen LogP contribution in [0.1, 0.15) is 23.7 Å². The Kier molecular flexibility index (Phi) is 5.10. The van der Waals surface area contributed by atoms with Crippen molar-refractivity contribution in [3.05, 3.63) is 33.9 Å². The summed E-state index contributed by atoms with van der Waals surface area (Å²) in [5.41, 5.74) is 0.743. The predicted octanol–water partition coefficient (Wildman–Crippen LogP) is 1.79. The van der Waals surface area contributed by atoms with E-state index in [0.717, 1.165) is 13.0 Å². The maximum absolute atomic E-state index is 12.1. The highest BCUT2D eigenvalue weighted by Crippen LogP contribution is 2.25. The first kappa shape index (κ1) is 15.2. The van der Waals surface area contributed by atoms with E-state index in [2.05, 4.69) is 10.6 Å². The number of carbonyl (C=O) groups is 1. The van der Waals surface area contributed by atoms with Gasteiger partial charge in [-0.25, -0.2) is 0 Å². The van der Waals surface area contributed by atoms with E-state index >= 15 is 0 Å². The standard InChI is InChI=1S/C14H19N3O4/c1-2-15-12-7-11(3-4-13(12)17(19)20)14(18)16-8-10-5-6-21-9-10/h3-4,7,10,15H,2,5-6,8-9H2,1H3,(H,16,18). The number of nitro benzene ring substituents is 1. The third-order valence-electron chi connectivity index (χ3n) is 3.40. The van der Waals surface area contributed by atoms with Crippen molar-refractivity contribution >= 4 is 17.3 Å². The highest BCUT2D eigenvalue weighted by molar-refractivity contribution is 5.95. The molecule has 21 heavy (non-hydrogen) atoms. The van der Waals surface area contributed by atoms with Crippen molar-refractivity contribution in [3.8, 4) is 0 Å². The number of ether oxygens (including phenoxy) is 1. The molecule has 1 aliphatic heterocycles. The van der Waals surface area contributed by atoms with Gasteiger partial charge in [0.25, 0.3) is 11.6 Å². The molecule has 0 aliphatic carbocycles. The molecule has 114 valence electrons. The lowest BCUT2D eigenvalue weighted by Crippen LogP contribution is -2.29. The van der Waals surface area contributed by atoms with Gasteiger partial charge in [-0.2, -0.15) is 0 Å². The molecule has 1 aromatic rings. The Bertz CT molecular complexity index is 527. The van der Waals surface area contributed by atoms with Gasteiger partial charge in [0.2, 0.25) is 0 Å². The SMILES string of the molecule is CCNc1cc(C(=O)NCC2CCOC2)ccc1[N+](=O)[O-]. The summed E-state index contributed by atoms with van der Waals surface area (Å²) in [4.78, 5) is 22.6. The van der Waals surface area contributed by atoms with E-state index in [1.54, 1.807) is 0 Å². The summed E-state index contributed by atoms with van der Waals surface area (Å²) in [6.07, 6.45) is 0.948. The quantitative estimate of drug-likeness (QED) is 0.616. The first-order valence-electron chi connectivity index (χ1n) is 7.00. The molecule has 0 spiro atoms. The van der Waals surface area contributed by atoms with Crippen LogP contribution in [0.25, 0.3) is 0 Å². The number of nitrogens with zero attached hydrogens (tertiary/aromatic N) is 1. The second kappa shape index (κ2) is 7.03. The van der Waals surface area contributed by atoms with E-state index in [4.69, 9.17) is 4.74 Å². The third kappa shape index (κ3) is 3.91. The van der Waals surface area contributed by atoms with Crippen molar-refractivity contribution in [2.75, 3.05) is 31.6 Å². The lowest BCUT2D eigenvalue weighted by atomic mass is 10.1. The molecule has 1 heterocycles. The number of hydrogen-bond acceptors (Lipinski definition) is 5. The van der Waals surface area contributed by atoms with Crippen molar-refractivity contribution in [2.24, 2.45) is 5.92 Å². The molecule has 0 aromatic heterocycles. The summed E-state index contributed by atoms with van der Waals surface area (Å²) in [5, 5.41) is 16.7. The van der Waals surface area contributed by atoms with Crippen LogP contribution in [0.5, 0.6) is 0 Å². The molecule has 1 unspecified atom stereocenters. The van der Waals surface area contributed by atoms with Gasteiger partial charge in [0, 0.05) is 37.2 Å². The molecular formula is C14H19N3O4. The number of nitrogens with one attached hydrogen (secondary N) is 2. The summed E-state index contributed by atoms with van der Waals surface area (Å²) in [7, 11) is 0. The number of nitro groups is 1. The van der Waals surface area contributed by atoms with E-state index in [9.17, 15) is 14.9 Å². The summed E-state index contributed by atoms with van der Waals surface area (Å²) in [6.45, 7) is 4.36. The number of benzene rings is 1. The zero-order chi connectivity index (χ0) is 15.2.